The van der Waals surface area contributed by atoms with Crippen LogP contribution in [0, 0.1) is 0 Å². The van der Waals surface area contributed by atoms with Crippen molar-refractivity contribution >= 4 is 23.7 Å². The normalized spacial score (nSPS) is 10.7. The average Bonchev–Trinajstić information content (AvgIpc) is 2.69. The zero-order valence-electron chi connectivity index (χ0n) is 13.8. The van der Waals surface area contributed by atoms with E-state index >= 15 is 0 Å². The maximum Gasteiger partial charge on any atom is 0.271 e. The number of rotatable bonds is 6. The largest absolute Gasteiger partial charge is 0.489 e. The number of benzene rings is 2. The molecule has 3 aromatic rings. The summed E-state index contributed by atoms with van der Waals surface area (Å²) in [6, 6.07) is 18.2. The van der Waals surface area contributed by atoms with E-state index in [-0.39, 0.29) is 5.91 Å². The van der Waals surface area contributed by atoms with Gasteiger partial charge in [-0.15, -0.1) is 0 Å². The number of carbonyl (C=O) groups is 1. The van der Waals surface area contributed by atoms with Crippen LogP contribution in [-0.2, 0) is 6.61 Å². The van der Waals surface area contributed by atoms with Crippen molar-refractivity contribution in [1.82, 2.24) is 10.4 Å². The molecule has 1 heterocycles. The van der Waals surface area contributed by atoms with Crippen molar-refractivity contribution in [1.29, 1.82) is 0 Å². The lowest BCUT2D eigenvalue weighted by molar-refractivity contribution is 0.0955. The van der Waals surface area contributed by atoms with Gasteiger partial charge < -0.3 is 4.74 Å². The SMILES string of the molecule is O=C(N/N=C\c1ccc(OCc2ccccc2Cl)cc1)c1ccncc1. The van der Waals surface area contributed by atoms with Gasteiger partial charge in [0.1, 0.15) is 12.4 Å². The van der Waals surface area contributed by atoms with Gasteiger partial charge in [-0.25, -0.2) is 5.43 Å². The van der Waals surface area contributed by atoms with Crippen molar-refractivity contribution < 1.29 is 9.53 Å². The van der Waals surface area contributed by atoms with Crippen molar-refractivity contribution in [2.45, 2.75) is 6.61 Å². The van der Waals surface area contributed by atoms with Crippen LogP contribution >= 0.6 is 11.6 Å². The van der Waals surface area contributed by atoms with E-state index in [9.17, 15) is 4.79 Å². The number of hydrogen-bond donors (Lipinski definition) is 1. The molecule has 0 fully saturated rings. The Hall–Kier alpha value is -3.18. The van der Waals surface area contributed by atoms with Gasteiger partial charge in [0.05, 0.1) is 6.21 Å². The summed E-state index contributed by atoms with van der Waals surface area (Å²) in [7, 11) is 0. The Morgan fingerprint density at radius 3 is 2.54 bits per heavy atom. The van der Waals surface area contributed by atoms with E-state index in [4.69, 9.17) is 16.3 Å². The van der Waals surface area contributed by atoms with Crippen LogP contribution < -0.4 is 10.2 Å². The van der Waals surface area contributed by atoms with Gasteiger partial charge in [0, 0.05) is 28.5 Å². The number of carbonyl (C=O) groups excluding carboxylic acids is 1. The molecule has 0 aliphatic heterocycles. The molecule has 1 aromatic heterocycles. The molecule has 0 spiro atoms. The first-order chi connectivity index (χ1) is 12.7. The molecule has 5 nitrogen and oxygen atoms in total. The van der Waals surface area contributed by atoms with Crippen LogP contribution in [0.3, 0.4) is 0 Å². The second-order valence-electron chi connectivity index (χ2n) is 5.38. The van der Waals surface area contributed by atoms with Crippen LogP contribution in [0.1, 0.15) is 21.5 Å². The number of hydrogen-bond acceptors (Lipinski definition) is 4. The molecule has 0 atom stereocenters. The monoisotopic (exact) mass is 365 g/mol. The number of aromatic nitrogens is 1. The molecule has 0 saturated carbocycles. The van der Waals surface area contributed by atoms with Crippen molar-refractivity contribution in [3.05, 3.63) is 94.8 Å². The highest BCUT2D eigenvalue weighted by Gasteiger charge is 2.02. The molecular weight excluding hydrogens is 350 g/mol. The predicted octanol–water partition coefficient (Wildman–Crippen LogP) is 4.08. The van der Waals surface area contributed by atoms with E-state index < -0.39 is 0 Å². The van der Waals surface area contributed by atoms with Crippen molar-refractivity contribution in [2.75, 3.05) is 0 Å². The van der Waals surface area contributed by atoms with E-state index in [0.717, 1.165) is 16.9 Å². The molecule has 1 amide bonds. The molecule has 0 unspecified atom stereocenters. The molecule has 0 saturated heterocycles. The fraction of sp³-hybridized carbons (Fsp3) is 0.0500. The summed E-state index contributed by atoms with van der Waals surface area (Å²) in [5.41, 5.74) is 4.74. The van der Waals surface area contributed by atoms with Crippen LogP contribution in [0.15, 0.2) is 78.2 Å². The number of amides is 1. The lowest BCUT2D eigenvalue weighted by Gasteiger charge is -2.07. The molecule has 0 aliphatic carbocycles. The van der Waals surface area contributed by atoms with Gasteiger partial charge in [-0.1, -0.05) is 29.8 Å². The third-order valence-electron chi connectivity index (χ3n) is 3.55. The lowest BCUT2D eigenvalue weighted by atomic mass is 10.2. The Bertz CT molecular complexity index is 896. The summed E-state index contributed by atoms with van der Waals surface area (Å²) >= 11 is 6.11. The molecule has 2 aromatic carbocycles. The zero-order chi connectivity index (χ0) is 18.2. The third-order valence-corrected chi connectivity index (χ3v) is 3.92. The molecule has 0 aliphatic rings. The molecule has 6 heteroatoms. The topological polar surface area (TPSA) is 63.6 Å². The minimum atomic E-state index is -0.289. The first-order valence-corrected chi connectivity index (χ1v) is 8.30. The lowest BCUT2D eigenvalue weighted by Crippen LogP contribution is -2.17. The Morgan fingerprint density at radius 2 is 1.81 bits per heavy atom. The van der Waals surface area contributed by atoms with Crippen LogP contribution in [-0.4, -0.2) is 17.1 Å². The molecule has 1 N–H and O–H groups in total. The Labute approximate surface area is 156 Å². The Morgan fingerprint density at radius 1 is 1.08 bits per heavy atom. The van der Waals surface area contributed by atoms with E-state index in [1.165, 1.54) is 0 Å². The van der Waals surface area contributed by atoms with Gasteiger partial charge in [-0.05, 0) is 48.0 Å². The first-order valence-electron chi connectivity index (χ1n) is 7.92. The average molecular weight is 366 g/mol. The van der Waals surface area contributed by atoms with E-state index in [1.54, 1.807) is 30.7 Å². The standard InChI is InChI=1S/C20H16ClN3O2/c21-19-4-2-1-3-17(19)14-26-18-7-5-15(6-8-18)13-23-24-20(25)16-9-11-22-12-10-16/h1-13H,14H2,(H,24,25)/b23-13-. The maximum absolute atomic E-state index is 11.9. The molecule has 0 radical (unpaired) electrons. The highest BCUT2D eigenvalue weighted by atomic mass is 35.5. The second-order valence-corrected chi connectivity index (χ2v) is 5.79. The van der Waals surface area contributed by atoms with E-state index in [2.05, 4.69) is 15.5 Å². The van der Waals surface area contributed by atoms with Gasteiger partial charge >= 0.3 is 0 Å². The molecule has 0 bridgehead atoms. The third kappa shape index (κ3) is 4.91. The predicted molar refractivity (Wildman–Crippen MR) is 102 cm³/mol. The van der Waals surface area contributed by atoms with Crippen LogP contribution in [0.2, 0.25) is 5.02 Å². The van der Waals surface area contributed by atoms with Crippen molar-refractivity contribution in [3.8, 4) is 5.75 Å². The maximum atomic E-state index is 11.9. The summed E-state index contributed by atoms with van der Waals surface area (Å²) in [4.78, 5) is 15.7. The number of nitrogens with zero attached hydrogens (tertiary/aromatic N) is 2. The number of pyridine rings is 1. The second kappa shape index (κ2) is 8.78. The molecule has 26 heavy (non-hydrogen) atoms. The van der Waals surface area contributed by atoms with Crippen LogP contribution in [0.4, 0.5) is 0 Å². The summed E-state index contributed by atoms with van der Waals surface area (Å²) < 4.78 is 5.72. The smallest absolute Gasteiger partial charge is 0.271 e. The van der Waals surface area contributed by atoms with E-state index in [1.807, 2.05) is 48.5 Å². The van der Waals surface area contributed by atoms with Gasteiger partial charge in [-0.2, -0.15) is 5.10 Å². The first kappa shape index (κ1) is 17.6. The Balaban J connectivity index is 1.53. The number of ether oxygens (including phenoxy) is 1. The van der Waals surface area contributed by atoms with Gasteiger partial charge in [0.15, 0.2) is 0 Å². The quantitative estimate of drug-likeness (QED) is 0.529. The van der Waals surface area contributed by atoms with Crippen molar-refractivity contribution in [3.63, 3.8) is 0 Å². The fourth-order valence-corrected chi connectivity index (χ4v) is 2.35. The summed E-state index contributed by atoms with van der Waals surface area (Å²) in [6.45, 7) is 0.398. The fourth-order valence-electron chi connectivity index (χ4n) is 2.16. The van der Waals surface area contributed by atoms with Crippen molar-refractivity contribution in [2.24, 2.45) is 5.10 Å². The van der Waals surface area contributed by atoms with Gasteiger partial charge in [0.25, 0.3) is 5.91 Å². The molecule has 3 rings (SSSR count). The minimum absolute atomic E-state index is 0.289. The van der Waals surface area contributed by atoms with E-state index in [0.29, 0.717) is 17.2 Å². The van der Waals surface area contributed by atoms with Crippen LogP contribution in [0.25, 0.3) is 0 Å². The highest BCUT2D eigenvalue weighted by Crippen LogP contribution is 2.18. The van der Waals surface area contributed by atoms with Gasteiger partial charge in [0.2, 0.25) is 0 Å². The number of hydrazone groups is 1. The Kier molecular flexibility index (Phi) is 5.96. The number of halogens is 1. The number of nitrogens with one attached hydrogen (secondary N) is 1. The summed E-state index contributed by atoms with van der Waals surface area (Å²) in [5, 5.41) is 4.63. The van der Waals surface area contributed by atoms with Gasteiger partial charge in [-0.3, -0.25) is 9.78 Å². The molecular formula is C20H16ClN3O2. The molecule has 130 valence electrons. The summed E-state index contributed by atoms with van der Waals surface area (Å²) in [5.74, 6) is 0.436. The summed E-state index contributed by atoms with van der Waals surface area (Å²) in [6.07, 6.45) is 4.68. The zero-order valence-corrected chi connectivity index (χ0v) is 14.6. The van der Waals surface area contributed by atoms with Crippen LogP contribution in [0.5, 0.6) is 5.75 Å². The minimum Gasteiger partial charge on any atom is -0.489 e. The highest BCUT2D eigenvalue weighted by molar-refractivity contribution is 6.31.